The van der Waals surface area contributed by atoms with Crippen molar-refractivity contribution in [3.63, 3.8) is 0 Å². The SMILES string of the molecule is Cc1cccn(Cc2ccc(Cl)s2)c1=O. The maximum atomic E-state index is 11.7. The third kappa shape index (κ3) is 2.30. The van der Waals surface area contributed by atoms with E-state index in [0.717, 1.165) is 14.8 Å². The quantitative estimate of drug-likeness (QED) is 0.790. The Morgan fingerprint density at radius 2 is 2.20 bits per heavy atom. The van der Waals surface area contributed by atoms with Crippen LogP contribution in [0.15, 0.2) is 35.3 Å². The van der Waals surface area contributed by atoms with Gasteiger partial charge >= 0.3 is 0 Å². The maximum absolute atomic E-state index is 11.7. The second-order valence-electron chi connectivity index (χ2n) is 3.33. The van der Waals surface area contributed by atoms with Gasteiger partial charge in [0, 0.05) is 16.6 Å². The molecule has 0 saturated carbocycles. The van der Waals surface area contributed by atoms with Gasteiger partial charge in [0.2, 0.25) is 0 Å². The van der Waals surface area contributed by atoms with Gasteiger partial charge in [-0.15, -0.1) is 11.3 Å². The first-order chi connectivity index (χ1) is 7.16. The molecule has 0 aliphatic heterocycles. The number of aryl methyl sites for hydroxylation is 1. The zero-order valence-corrected chi connectivity index (χ0v) is 9.81. The molecule has 0 saturated heterocycles. The summed E-state index contributed by atoms with van der Waals surface area (Å²) in [6.45, 7) is 2.41. The number of hydrogen-bond donors (Lipinski definition) is 0. The topological polar surface area (TPSA) is 22.0 Å². The van der Waals surface area contributed by atoms with Gasteiger partial charge in [0.25, 0.3) is 5.56 Å². The van der Waals surface area contributed by atoms with Crippen LogP contribution in [-0.4, -0.2) is 4.57 Å². The van der Waals surface area contributed by atoms with Crippen LogP contribution < -0.4 is 5.56 Å². The first kappa shape index (κ1) is 10.5. The Hall–Kier alpha value is -1.06. The van der Waals surface area contributed by atoms with Crippen LogP contribution in [0.1, 0.15) is 10.4 Å². The molecule has 0 aliphatic rings. The second-order valence-corrected chi connectivity index (χ2v) is 5.13. The van der Waals surface area contributed by atoms with Crippen LogP contribution in [0, 0.1) is 6.92 Å². The maximum Gasteiger partial charge on any atom is 0.253 e. The minimum Gasteiger partial charge on any atom is -0.310 e. The van der Waals surface area contributed by atoms with Gasteiger partial charge in [0.05, 0.1) is 10.9 Å². The van der Waals surface area contributed by atoms with E-state index < -0.39 is 0 Å². The van der Waals surface area contributed by atoms with E-state index in [1.165, 1.54) is 11.3 Å². The minimum absolute atomic E-state index is 0.0574. The van der Waals surface area contributed by atoms with Crippen molar-refractivity contribution in [1.82, 2.24) is 4.57 Å². The van der Waals surface area contributed by atoms with Gasteiger partial charge in [-0.25, -0.2) is 0 Å². The van der Waals surface area contributed by atoms with Gasteiger partial charge in [-0.2, -0.15) is 0 Å². The monoisotopic (exact) mass is 239 g/mol. The summed E-state index contributed by atoms with van der Waals surface area (Å²) in [6.07, 6.45) is 1.79. The lowest BCUT2D eigenvalue weighted by Crippen LogP contribution is -2.21. The van der Waals surface area contributed by atoms with Crippen molar-refractivity contribution in [2.45, 2.75) is 13.5 Å². The Kier molecular flexibility index (Phi) is 2.93. The molecule has 0 radical (unpaired) electrons. The lowest BCUT2D eigenvalue weighted by molar-refractivity contribution is 0.762. The average molecular weight is 240 g/mol. The fourth-order valence-electron chi connectivity index (χ4n) is 1.39. The van der Waals surface area contributed by atoms with Crippen LogP contribution in [0.4, 0.5) is 0 Å². The highest BCUT2D eigenvalue weighted by atomic mass is 35.5. The number of hydrogen-bond acceptors (Lipinski definition) is 2. The van der Waals surface area contributed by atoms with Crippen molar-refractivity contribution < 1.29 is 0 Å². The highest BCUT2D eigenvalue weighted by Gasteiger charge is 2.02. The Morgan fingerprint density at radius 3 is 2.87 bits per heavy atom. The minimum atomic E-state index is 0.0574. The third-order valence-corrected chi connectivity index (χ3v) is 3.38. The highest BCUT2D eigenvalue weighted by Crippen LogP contribution is 2.21. The molecule has 0 bridgehead atoms. The summed E-state index contributed by atoms with van der Waals surface area (Å²) in [4.78, 5) is 12.8. The summed E-state index contributed by atoms with van der Waals surface area (Å²) < 4.78 is 2.45. The van der Waals surface area contributed by atoms with Gasteiger partial charge in [-0.1, -0.05) is 17.7 Å². The Bertz CT molecular complexity index is 529. The van der Waals surface area contributed by atoms with Crippen molar-refractivity contribution in [3.8, 4) is 0 Å². The normalized spacial score (nSPS) is 10.5. The van der Waals surface area contributed by atoms with E-state index in [2.05, 4.69) is 0 Å². The molecule has 0 atom stereocenters. The van der Waals surface area contributed by atoms with E-state index in [1.54, 1.807) is 10.8 Å². The summed E-state index contributed by atoms with van der Waals surface area (Å²) in [6, 6.07) is 7.50. The molecule has 0 N–H and O–H groups in total. The van der Waals surface area contributed by atoms with Crippen molar-refractivity contribution in [2.24, 2.45) is 0 Å². The van der Waals surface area contributed by atoms with E-state index in [-0.39, 0.29) is 5.56 Å². The molecule has 0 aliphatic carbocycles. The lowest BCUT2D eigenvalue weighted by Gasteiger charge is -2.03. The fourth-order valence-corrected chi connectivity index (χ4v) is 2.47. The summed E-state index contributed by atoms with van der Waals surface area (Å²) in [5.74, 6) is 0. The summed E-state index contributed by atoms with van der Waals surface area (Å²) >= 11 is 7.33. The Labute approximate surface area is 96.8 Å². The van der Waals surface area contributed by atoms with Crippen molar-refractivity contribution in [2.75, 3.05) is 0 Å². The largest absolute Gasteiger partial charge is 0.310 e. The molecule has 0 aromatic carbocycles. The molecule has 0 amide bonds. The van der Waals surface area contributed by atoms with Crippen molar-refractivity contribution in [1.29, 1.82) is 0 Å². The molecule has 2 aromatic rings. The highest BCUT2D eigenvalue weighted by molar-refractivity contribution is 7.16. The molecule has 2 rings (SSSR count). The summed E-state index contributed by atoms with van der Waals surface area (Å²) in [5, 5.41) is 0. The summed E-state index contributed by atoms with van der Waals surface area (Å²) in [7, 11) is 0. The van der Waals surface area contributed by atoms with E-state index in [1.807, 2.05) is 31.2 Å². The summed E-state index contributed by atoms with van der Waals surface area (Å²) in [5.41, 5.74) is 0.821. The number of rotatable bonds is 2. The van der Waals surface area contributed by atoms with Gasteiger partial charge in [-0.05, 0) is 25.1 Å². The molecule has 15 heavy (non-hydrogen) atoms. The number of pyridine rings is 1. The first-order valence-electron chi connectivity index (χ1n) is 4.57. The van der Waals surface area contributed by atoms with Crippen LogP contribution in [0.3, 0.4) is 0 Å². The van der Waals surface area contributed by atoms with Crippen molar-refractivity contribution in [3.05, 3.63) is 55.6 Å². The predicted octanol–water partition coefficient (Wildman–Crippen LogP) is 2.92. The third-order valence-electron chi connectivity index (χ3n) is 2.17. The Balaban J connectivity index is 2.32. The first-order valence-corrected chi connectivity index (χ1v) is 5.76. The number of nitrogens with zero attached hydrogens (tertiary/aromatic N) is 1. The molecule has 0 fully saturated rings. The zero-order chi connectivity index (χ0) is 10.8. The number of thiophene rings is 1. The molecule has 2 aromatic heterocycles. The van der Waals surface area contributed by atoms with Gasteiger partial charge in [0.15, 0.2) is 0 Å². The van der Waals surface area contributed by atoms with Crippen molar-refractivity contribution >= 4 is 22.9 Å². The molecule has 2 heterocycles. The van der Waals surface area contributed by atoms with Crippen LogP contribution in [0.5, 0.6) is 0 Å². The van der Waals surface area contributed by atoms with Gasteiger partial charge in [0.1, 0.15) is 0 Å². The molecule has 2 nitrogen and oxygen atoms in total. The van der Waals surface area contributed by atoms with E-state index >= 15 is 0 Å². The van der Waals surface area contributed by atoms with Crippen LogP contribution in [-0.2, 0) is 6.54 Å². The predicted molar refractivity (Wildman–Crippen MR) is 63.9 cm³/mol. The number of aromatic nitrogens is 1. The Morgan fingerprint density at radius 1 is 1.40 bits per heavy atom. The zero-order valence-electron chi connectivity index (χ0n) is 8.24. The molecular formula is C11H10ClNOS. The lowest BCUT2D eigenvalue weighted by atomic mass is 10.3. The average Bonchev–Trinajstić information content (AvgIpc) is 2.59. The van der Waals surface area contributed by atoms with Gasteiger partial charge < -0.3 is 4.57 Å². The van der Waals surface area contributed by atoms with Gasteiger partial charge in [-0.3, -0.25) is 4.79 Å². The number of halogens is 1. The van der Waals surface area contributed by atoms with E-state index in [4.69, 9.17) is 11.6 Å². The van der Waals surface area contributed by atoms with Crippen LogP contribution in [0.25, 0.3) is 0 Å². The van der Waals surface area contributed by atoms with E-state index in [0.29, 0.717) is 6.54 Å². The molecule has 78 valence electrons. The van der Waals surface area contributed by atoms with Crippen LogP contribution >= 0.6 is 22.9 Å². The molecular weight excluding hydrogens is 230 g/mol. The van der Waals surface area contributed by atoms with Crippen LogP contribution in [0.2, 0.25) is 4.34 Å². The fraction of sp³-hybridized carbons (Fsp3) is 0.182. The smallest absolute Gasteiger partial charge is 0.253 e. The van der Waals surface area contributed by atoms with E-state index in [9.17, 15) is 4.79 Å². The standard InChI is InChI=1S/C11H10ClNOS/c1-8-3-2-6-13(11(8)14)7-9-4-5-10(12)15-9/h2-6H,7H2,1H3. The molecule has 0 unspecified atom stereocenters. The molecule has 0 spiro atoms. The second kappa shape index (κ2) is 4.21. The molecule has 4 heteroatoms.